The van der Waals surface area contributed by atoms with Crippen LogP contribution in [0.25, 0.3) is 21.5 Å². The summed E-state index contributed by atoms with van der Waals surface area (Å²) in [4.78, 5) is 54.0. The third kappa shape index (κ3) is 9.34. The highest BCUT2D eigenvalue weighted by molar-refractivity contribution is 9.11. The fraction of sp³-hybridized carbons (Fsp3) is 0.333. The molecule has 2 heterocycles. The lowest BCUT2D eigenvalue weighted by Crippen LogP contribution is -2.41. The van der Waals surface area contributed by atoms with Crippen LogP contribution in [0.15, 0.2) is 69.6 Å². The van der Waals surface area contributed by atoms with Crippen LogP contribution < -0.4 is 5.73 Å². The number of nitrogens with zero attached hydrogens (tertiary/aromatic N) is 3. The van der Waals surface area contributed by atoms with E-state index in [0.29, 0.717) is 34.2 Å². The topological polar surface area (TPSA) is 145 Å². The molecule has 6 rings (SSSR count). The van der Waals surface area contributed by atoms with Crippen molar-refractivity contribution < 1.29 is 29.4 Å². The number of cyclic esters (lactones) is 2. The van der Waals surface area contributed by atoms with E-state index < -0.39 is 11.9 Å². The molecule has 12 heteroatoms. The van der Waals surface area contributed by atoms with E-state index in [0.717, 1.165) is 57.6 Å². The van der Waals surface area contributed by atoms with E-state index in [2.05, 4.69) is 55.6 Å². The van der Waals surface area contributed by atoms with Crippen molar-refractivity contribution >= 4 is 77.2 Å². The summed E-state index contributed by atoms with van der Waals surface area (Å²) in [6.07, 6.45) is 1.87. The third-order valence-corrected chi connectivity index (χ3v) is 8.73. The van der Waals surface area contributed by atoms with Crippen LogP contribution in [0.1, 0.15) is 69.1 Å². The number of hydrogen-bond donors (Lipinski definition) is 1. The zero-order chi connectivity index (χ0) is 32.8. The van der Waals surface area contributed by atoms with Gasteiger partial charge in [0.15, 0.2) is 0 Å². The van der Waals surface area contributed by atoms with Gasteiger partial charge in [-0.1, -0.05) is 71.0 Å². The summed E-state index contributed by atoms with van der Waals surface area (Å²) in [7, 11) is 8.06. The summed E-state index contributed by atoms with van der Waals surface area (Å²) in [5.74, 6) is -1.55. The maximum absolute atomic E-state index is 12.7. The maximum atomic E-state index is 12.7. The second-order valence-electron chi connectivity index (χ2n) is 11.2. The number of nitrogens with two attached hydrogens (primary N) is 1. The predicted octanol–water partition coefficient (Wildman–Crippen LogP) is 6.41. The zero-order valence-corrected chi connectivity index (χ0v) is 29.4. The first-order chi connectivity index (χ1) is 21.5. The monoisotopic (exact) mass is 788 g/mol. The Bertz CT molecular complexity index is 1730. The van der Waals surface area contributed by atoms with Gasteiger partial charge in [-0.25, -0.2) is 9.59 Å². The highest BCUT2D eigenvalue weighted by Gasteiger charge is 2.32. The Labute approximate surface area is 299 Å². The van der Waals surface area contributed by atoms with Gasteiger partial charge in [0.1, 0.15) is 0 Å². The average molecular weight is 791 g/mol. The molecule has 4 N–H and O–H groups in total. The van der Waals surface area contributed by atoms with E-state index >= 15 is 0 Å². The molecule has 0 unspecified atom stereocenters. The minimum absolute atomic E-state index is 0. The Morgan fingerprint density at radius 3 is 1.54 bits per heavy atom. The number of halogens is 2. The zero-order valence-electron chi connectivity index (χ0n) is 26.2. The molecule has 0 saturated heterocycles. The second-order valence-corrected chi connectivity index (χ2v) is 12.9. The molecule has 0 saturated carbocycles. The first-order valence-electron chi connectivity index (χ1n) is 14.5. The summed E-state index contributed by atoms with van der Waals surface area (Å²) < 4.78 is 6.40. The number of carbonyl (C=O) groups is 4. The van der Waals surface area contributed by atoms with E-state index in [4.69, 9.17) is 5.73 Å². The maximum Gasteiger partial charge on any atom is 0.346 e. The van der Waals surface area contributed by atoms with E-state index in [1.807, 2.05) is 43.3 Å². The number of rotatable bonds is 7. The van der Waals surface area contributed by atoms with Crippen molar-refractivity contribution in [3.05, 3.63) is 91.9 Å². The molecule has 0 spiro atoms. The molecule has 48 heavy (non-hydrogen) atoms. The van der Waals surface area contributed by atoms with Gasteiger partial charge in [-0.3, -0.25) is 14.5 Å². The van der Waals surface area contributed by atoms with Crippen LogP contribution in [0, 0.1) is 0 Å². The molecule has 0 aliphatic carbocycles. The fourth-order valence-corrected chi connectivity index (χ4v) is 6.10. The molecule has 0 bridgehead atoms. The van der Waals surface area contributed by atoms with Crippen molar-refractivity contribution in [1.82, 2.24) is 14.7 Å². The van der Waals surface area contributed by atoms with Crippen molar-refractivity contribution in [1.29, 1.82) is 0 Å². The van der Waals surface area contributed by atoms with Crippen molar-refractivity contribution in [3.63, 3.8) is 0 Å². The largest absolute Gasteiger partial charge is 0.412 e. The minimum Gasteiger partial charge on any atom is -0.412 e. The van der Waals surface area contributed by atoms with E-state index in [9.17, 15) is 19.2 Å². The third-order valence-electron chi connectivity index (χ3n) is 7.35. The van der Waals surface area contributed by atoms with Gasteiger partial charge in [0.2, 0.25) is 0 Å². The van der Waals surface area contributed by atoms with Crippen LogP contribution in [-0.2, 0) is 4.74 Å². The molecule has 0 aromatic heterocycles. The molecule has 0 radical (unpaired) electrons. The molecular weight excluding hydrogens is 744 g/mol. The van der Waals surface area contributed by atoms with Gasteiger partial charge < -0.3 is 25.7 Å². The number of hydrogen-bond acceptors (Lipinski definition) is 8. The lowest BCUT2D eigenvalue weighted by molar-refractivity contribution is 0.0390. The van der Waals surface area contributed by atoms with Crippen LogP contribution in [0.3, 0.4) is 0 Å². The Hall–Kier alpha value is -3.52. The quantitative estimate of drug-likeness (QED) is 0.129. The van der Waals surface area contributed by atoms with Crippen molar-refractivity contribution in [3.8, 4) is 0 Å². The standard InChI is InChI=1S/C17H17BrN2O2.C12H5BrO3.C5H14N2.2CH4.H2O/c1-19(2)9-4-10-20-16(21)12-6-3-5-11-14(18)8-7-13(15(11)12)17(20)22;13-9-5-4-8-10-6(9)2-1-3-7(10)11(14)16-12(8)15;1-7(2)5-3-4-6;;;/h3,5-8H,4,9-10H2,1-2H3;1-5H;3-6H2,1-2H3;2*1H4;1H2. The van der Waals surface area contributed by atoms with Crippen LogP contribution in [0.5, 0.6) is 0 Å². The summed E-state index contributed by atoms with van der Waals surface area (Å²) in [6, 6.07) is 18.0. The lowest BCUT2D eigenvalue weighted by atomic mass is 9.94. The number of imide groups is 1. The smallest absolute Gasteiger partial charge is 0.346 e. The highest BCUT2D eigenvalue weighted by Crippen LogP contribution is 2.35. The molecule has 260 valence electrons. The molecule has 4 aromatic carbocycles. The normalized spacial score (nSPS) is 12.7. The van der Waals surface area contributed by atoms with Crippen molar-refractivity contribution in [2.45, 2.75) is 27.7 Å². The van der Waals surface area contributed by atoms with E-state index in [1.165, 1.54) is 4.90 Å². The molecular formula is C36H46Br2N4O6. The summed E-state index contributed by atoms with van der Waals surface area (Å²) >= 11 is 6.88. The number of ether oxygens (including phenoxy) is 1. The van der Waals surface area contributed by atoms with Crippen molar-refractivity contribution in [2.75, 3.05) is 54.4 Å². The molecule has 4 aromatic rings. The first kappa shape index (κ1) is 42.5. The molecule has 2 aliphatic rings. The van der Waals surface area contributed by atoms with Gasteiger partial charge in [0, 0.05) is 37.4 Å². The number of amides is 2. The van der Waals surface area contributed by atoms with Gasteiger partial charge in [0.25, 0.3) is 11.8 Å². The first-order valence-corrected chi connectivity index (χ1v) is 16.1. The van der Waals surface area contributed by atoms with Gasteiger partial charge in [-0.15, -0.1) is 0 Å². The Balaban J connectivity index is 0.000000392. The van der Waals surface area contributed by atoms with Gasteiger partial charge >= 0.3 is 11.9 Å². The molecule has 2 aliphatic heterocycles. The predicted molar refractivity (Wildman–Crippen MR) is 201 cm³/mol. The van der Waals surface area contributed by atoms with Crippen LogP contribution in [0.2, 0.25) is 0 Å². The molecule has 10 nitrogen and oxygen atoms in total. The van der Waals surface area contributed by atoms with Crippen molar-refractivity contribution in [2.24, 2.45) is 5.73 Å². The fourth-order valence-electron chi connectivity index (χ4n) is 5.17. The number of esters is 2. The number of carbonyl (C=O) groups excluding carboxylic acids is 4. The van der Waals surface area contributed by atoms with E-state index in [1.54, 1.807) is 36.4 Å². The minimum atomic E-state index is -0.582. The van der Waals surface area contributed by atoms with Gasteiger partial charge in [0.05, 0.1) is 11.1 Å². The van der Waals surface area contributed by atoms with Crippen LogP contribution in [-0.4, -0.2) is 98.3 Å². The average Bonchev–Trinajstić information content (AvgIpc) is 3.01. The highest BCUT2D eigenvalue weighted by atomic mass is 79.9. The lowest BCUT2D eigenvalue weighted by Gasteiger charge is -2.27. The van der Waals surface area contributed by atoms with Gasteiger partial charge in [-0.05, 0) is 108 Å². The summed E-state index contributed by atoms with van der Waals surface area (Å²) in [5, 5.41) is 3.18. The Morgan fingerprint density at radius 1 is 0.646 bits per heavy atom. The van der Waals surface area contributed by atoms with Crippen LogP contribution in [0.4, 0.5) is 0 Å². The molecule has 0 fully saturated rings. The van der Waals surface area contributed by atoms with E-state index in [-0.39, 0.29) is 32.1 Å². The Morgan fingerprint density at radius 2 is 1.06 bits per heavy atom. The summed E-state index contributed by atoms with van der Waals surface area (Å²) in [6.45, 7) is 3.20. The molecule has 2 amide bonds. The second kappa shape index (κ2) is 18.9. The van der Waals surface area contributed by atoms with Gasteiger partial charge in [-0.2, -0.15) is 0 Å². The summed E-state index contributed by atoms with van der Waals surface area (Å²) in [5.41, 5.74) is 7.35. The van der Waals surface area contributed by atoms with Crippen LogP contribution >= 0.6 is 31.9 Å². The Kier molecular flexibility index (Phi) is 16.7. The SMILES string of the molecule is C.C.CN(C)CCCN.CN(C)CCCN1C(=O)c2cccc3c(Br)ccc(c23)C1=O.O.O=C1OC(=O)c2ccc(Br)c3cccc1c23. The molecule has 0 atom stereocenters. The number of benzene rings is 4.